The number of para-hydroxylation sites is 2. The van der Waals surface area contributed by atoms with Gasteiger partial charge in [0.1, 0.15) is 0 Å². The third kappa shape index (κ3) is 4.82. The van der Waals surface area contributed by atoms with Crippen molar-refractivity contribution >= 4 is 35.0 Å². The molecule has 7 heteroatoms. The molecule has 1 aliphatic heterocycles. The number of carbonyl (C=O) groups excluding carboxylic acids is 2. The van der Waals surface area contributed by atoms with Crippen molar-refractivity contribution in [2.45, 2.75) is 37.8 Å². The highest BCUT2D eigenvalue weighted by Crippen LogP contribution is 2.30. The van der Waals surface area contributed by atoms with Crippen LogP contribution in [0, 0.1) is 0 Å². The topological polar surface area (TPSA) is 67.2 Å². The van der Waals surface area contributed by atoms with Crippen LogP contribution in [-0.4, -0.2) is 33.7 Å². The van der Waals surface area contributed by atoms with Crippen molar-refractivity contribution in [2.24, 2.45) is 0 Å². The first-order valence-corrected chi connectivity index (χ1v) is 11.5. The Labute approximate surface area is 186 Å². The summed E-state index contributed by atoms with van der Waals surface area (Å²) in [6.45, 7) is 5.03. The maximum atomic E-state index is 12.7. The highest BCUT2D eigenvalue weighted by Gasteiger charge is 2.24. The van der Waals surface area contributed by atoms with Gasteiger partial charge >= 0.3 is 0 Å². The number of anilines is 2. The van der Waals surface area contributed by atoms with Gasteiger partial charge in [0.15, 0.2) is 5.16 Å². The first-order valence-electron chi connectivity index (χ1n) is 10.5. The van der Waals surface area contributed by atoms with E-state index in [4.69, 9.17) is 0 Å². The van der Waals surface area contributed by atoms with Crippen LogP contribution in [-0.2, 0) is 9.59 Å². The van der Waals surface area contributed by atoms with Crippen LogP contribution in [0.2, 0.25) is 0 Å². The SMILES string of the molecule is CC(C)c1ccc(-n2ccnc2SCC(=O)Nc2ccccc2N2CCCC2=O)cc1. The molecule has 0 bridgehead atoms. The number of thioether (sulfide) groups is 1. The number of aromatic nitrogens is 2. The van der Waals surface area contributed by atoms with E-state index in [1.54, 1.807) is 11.1 Å². The van der Waals surface area contributed by atoms with E-state index in [-0.39, 0.29) is 17.6 Å². The Kier molecular flexibility index (Phi) is 6.42. The van der Waals surface area contributed by atoms with Crippen molar-refractivity contribution in [2.75, 3.05) is 22.5 Å². The molecule has 0 atom stereocenters. The fourth-order valence-electron chi connectivity index (χ4n) is 3.65. The molecule has 1 N–H and O–H groups in total. The summed E-state index contributed by atoms with van der Waals surface area (Å²) in [7, 11) is 0. The summed E-state index contributed by atoms with van der Waals surface area (Å²) in [5.41, 5.74) is 3.72. The van der Waals surface area contributed by atoms with Crippen LogP contribution >= 0.6 is 11.8 Å². The molecule has 6 nitrogen and oxygen atoms in total. The van der Waals surface area contributed by atoms with Crippen molar-refractivity contribution in [1.29, 1.82) is 0 Å². The molecule has 1 aromatic heterocycles. The fraction of sp³-hybridized carbons (Fsp3) is 0.292. The van der Waals surface area contributed by atoms with Crippen LogP contribution < -0.4 is 10.2 Å². The van der Waals surface area contributed by atoms with E-state index < -0.39 is 0 Å². The van der Waals surface area contributed by atoms with Crippen molar-refractivity contribution in [3.63, 3.8) is 0 Å². The average Bonchev–Trinajstić information content (AvgIpc) is 3.41. The monoisotopic (exact) mass is 434 g/mol. The summed E-state index contributed by atoms with van der Waals surface area (Å²) in [4.78, 5) is 30.9. The molecule has 1 aliphatic rings. The smallest absolute Gasteiger partial charge is 0.234 e. The Morgan fingerprint density at radius 2 is 1.94 bits per heavy atom. The summed E-state index contributed by atoms with van der Waals surface area (Å²) in [5, 5.41) is 3.72. The second-order valence-corrected chi connectivity index (χ2v) is 8.77. The molecule has 0 radical (unpaired) electrons. The summed E-state index contributed by atoms with van der Waals surface area (Å²) in [5.74, 6) is 0.673. The van der Waals surface area contributed by atoms with Gasteiger partial charge in [0, 0.05) is 31.0 Å². The Morgan fingerprint density at radius 3 is 2.65 bits per heavy atom. The van der Waals surface area contributed by atoms with Crippen molar-refractivity contribution in [1.82, 2.24) is 9.55 Å². The van der Waals surface area contributed by atoms with Crippen LogP contribution in [0.1, 0.15) is 38.2 Å². The summed E-state index contributed by atoms with van der Waals surface area (Å²) in [6, 6.07) is 15.8. The van der Waals surface area contributed by atoms with Crippen LogP contribution in [0.5, 0.6) is 0 Å². The van der Waals surface area contributed by atoms with Crippen molar-refractivity contribution in [3.8, 4) is 5.69 Å². The minimum atomic E-state index is -0.131. The van der Waals surface area contributed by atoms with Crippen molar-refractivity contribution in [3.05, 3.63) is 66.5 Å². The minimum Gasteiger partial charge on any atom is -0.324 e. The van der Waals surface area contributed by atoms with Gasteiger partial charge in [-0.25, -0.2) is 4.98 Å². The first kappa shape index (κ1) is 21.2. The van der Waals surface area contributed by atoms with E-state index in [1.807, 2.05) is 35.0 Å². The minimum absolute atomic E-state index is 0.0987. The Balaban J connectivity index is 1.42. The first-order chi connectivity index (χ1) is 15.0. The van der Waals surface area contributed by atoms with Crippen LogP contribution in [0.3, 0.4) is 0 Å². The quantitative estimate of drug-likeness (QED) is 0.540. The fourth-order valence-corrected chi connectivity index (χ4v) is 4.42. The molecule has 4 rings (SSSR count). The zero-order chi connectivity index (χ0) is 21.8. The van der Waals surface area contributed by atoms with E-state index in [0.717, 1.165) is 23.0 Å². The number of rotatable bonds is 7. The highest BCUT2D eigenvalue weighted by atomic mass is 32.2. The maximum absolute atomic E-state index is 12.7. The van der Waals surface area contributed by atoms with Gasteiger partial charge in [0.05, 0.1) is 17.1 Å². The molecule has 3 aromatic rings. The number of carbonyl (C=O) groups is 2. The van der Waals surface area contributed by atoms with Crippen LogP contribution in [0.4, 0.5) is 11.4 Å². The molecular formula is C24H26N4O2S. The van der Waals surface area contributed by atoms with Gasteiger partial charge in [-0.15, -0.1) is 0 Å². The predicted octanol–water partition coefficient (Wildman–Crippen LogP) is 4.85. The molecule has 1 saturated heterocycles. The van der Waals surface area contributed by atoms with Gasteiger partial charge in [-0.05, 0) is 42.2 Å². The van der Waals surface area contributed by atoms with Gasteiger partial charge < -0.3 is 10.2 Å². The largest absolute Gasteiger partial charge is 0.324 e. The number of benzene rings is 2. The molecule has 2 aromatic carbocycles. The van der Waals surface area contributed by atoms with Gasteiger partial charge in [-0.3, -0.25) is 14.2 Å². The van der Waals surface area contributed by atoms with E-state index in [0.29, 0.717) is 24.6 Å². The average molecular weight is 435 g/mol. The number of imidazole rings is 1. The predicted molar refractivity (Wildman–Crippen MR) is 125 cm³/mol. The molecule has 31 heavy (non-hydrogen) atoms. The Hall–Kier alpha value is -3.06. The van der Waals surface area contributed by atoms with Crippen molar-refractivity contribution < 1.29 is 9.59 Å². The van der Waals surface area contributed by atoms with E-state index >= 15 is 0 Å². The van der Waals surface area contributed by atoms with Gasteiger partial charge in [-0.1, -0.05) is 49.9 Å². The van der Waals surface area contributed by atoms with E-state index in [1.165, 1.54) is 17.3 Å². The second-order valence-electron chi connectivity index (χ2n) is 7.83. The Morgan fingerprint density at radius 1 is 1.16 bits per heavy atom. The standard InChI is InChI=1S/C24H26N4O2S/c1-17(2)18-9-11-19(12-10-18)27-15-13-25-24(27)31-16-22(29)26-20-6-3-4-7-21(20)28-14-5-8-23(28)30/h3-4,6-7,9-13,15,17H,5,8,14,16H2,1-2H3,(H,26,29). The third-order valence-electron chi connectivity index (χ3n) is 5.32. The lowest BCUT2D eigenvalue weighted by molar-refractivity contribution is -0.117. The van der Waals surface area contributed by atoms with Crippen LogP contribution in [0.25, 0.3) is 5.69 Å². The molecule has 0 unspecified atom stereocenters. The molecule has 1 fully saturated rings. The molecule has 160 valence electrons. The second kappa shape index (κ2) is 9.39. The molecule has 2 amide bonds. The molecule has 0 spiro atoms. The summed E-state index contributed by atoms with van der Waals surface area (Å²) >= 11 is 1.38. The van der Waals surface area contributed by atoms with Gasteiger partial charge in [-0.2, -0.15) is 0 Å². The lowest BCUT2D eigenvalue weighted by Gasteiger charge is -2.19. The number of hydrogen-bond acceptors (Lipinski definition) is 4. The zero-order valence-corrected chi connectivity index (χ0v) is 18.6. The summed E-state index contributed by atoms with van der Waals surface area (Å²) in [6.07, 6.45) is 5.04. The molecule has 0 aliphatic carbocycles. The van der Waals surface area contributed by atoms with Crippen LogP contribution in [0.15, 0.2) is 66.1 Å². The zero-order valence-electron chi connectivity index (χ0n) is 17.7. The molecule has 0 saturated carbocycles. The lowest BCUT2D eigenvalue weighted by atomic mass is 10.0. The maximum Gasteiger partial charge on any atom is 0.234 e. The lowest BCUT2D eigenvalue weighted by Crippen LogP contribution is -2.26. The van der Waals surface area contributed by atoms with E-state index in [2.05, 4.69) is 48.4 Å². The Bertz CT molecular complexity index is 1080. The number of nitrogens with zero attached hydrogens (tertiary/aromatic N) is 3. The summed E-state index contributed by atoms with van der Waals surface area (Å²) < 4.78 is 1.99. The number of nitrogens with one attached hydrogen (secondary N) is 1. The highest BCUT2D eigenvalue weighted by molar-refractivity contribution is 7.99. The number of amides is 2. The molecule has 2 heterocycles. The van der Waals surface area contributed by atoms with Gasteiger partial charge in [0.2, 0.25) is 11.8 Å². The van der Waals surface area contributed by atoms with Gasteiger partial charge in [0.25, 0.3) is 0 Å². The van der Waals surface area contributed by atoms with E-state index in [9.17, 15) is 9.59 Å². The molecular weight excluding hydrogens is 408 g/mol. The third-order valence-corrected chi connectivity index (χ3v) is 6.29. The normalized spacial score (nSPS) is 13.8. The number of hydrogen-bond donors (Lipinski definition) is 1.